The monoisotopic (exact) mass is 419 g/mol. The van der Waals surface area contributed by atoms with E-state index >= 15 is 0 Å². The Morgan fingerprint density at radius 1 is 1.07 bits per heavy atom. The number of hydrogen-bond acceptors (Lipinski definition) is 5. The number of hydrogen-bond donors (Lipinski definition) is 2. The van der Waals surface area contributed by atoms with Gasteiger partial charge in [-0.1, -0.05) is 61.2 Å². The molecule has 1 heterocycles. The maximum absolute atomic E-state index is 5.91. The molecule has 0 radical (unpaired) electrons. The van der Waals surface area contributed by atoms with E-state index in [2.05, 4.69) is 51.9 Å². The third-order valence-electron chi connectivity index (χ3n) is 4.58. The minimum Gasteiger partial charge on any atom is -0.489 e. The number of nitrogens with one attached hydrogen (secondary N) is 2. The van der Waals surface area contributed by atoms with Gasteiger partial charge in [-0.15, -0.1) is 0 Å². The van der Waals surface area contributed by atoms with Crippen LogP contribution in [0, 0.1) is 0 Å². The van der Waals surface area contributed by atoms with E-state index in [0.29, 0.717) is 6.61 Å². The molecule has 0 unspecified atom stereocenters. The molecule has 0 fully saturated rings. The smallest absolute Gasteiger partial charge is 0.147 e. The van der Waals surface area contributed by atoms with Gasteiger partial charge in [-0.05, 0) is 60.8 Å². The summed E-state index contributed by atoms with van der Waals surface area (Å²) >= 11 is 1.50. The molecule has 0 atom stereocenters. The van der Waals surface area contributed by atoms with E-state index in [1.54, 1.807) is 0 Å². The highest BCUT2D eigenvalue weighted by atomic mass is 32.1. The van der Waals surface area contributed by atoms with Crippen LogP contribution < -0.4 is 15.4 Å². The van der Waals surface area contributed by atoms with Crippen molar-refractivity contribution in [3.05, 3.63) is 88.8 Å². The summed E-state index contributed by atoms with van der Waals surface area (Å²) in [7, 11) is 0. The molecular weight excluding hydrogens is 390 g/mol. The Morgan fingerprint density at radius 3 is 2.70 bits per heavy atom. The lowest BCUT2D eigenvalue weighted by Gasteiger charge is -2.09. The van der Waals surface area contributed by atoms with E-state index < -0.39 is 0 Å². The molecule has 0 aliphatic rings. The molecule has 0 aliphatic carbocycles. The SMILES string of the molecule is C=Cc1c(NCCCNCc2cccc(OCc3ccccc3)c2)nsc1/C=C\C. The predicted octanol–water partition coefficient (Wildman–Crippen LogP) is 5.99. The van der Waals surface area contributed by atoms with Crippen LogP contribution in [0.4, 0.5) is 5.82 Å². The van der Waals surface area contributed by atoms with Crippen LogP contribution in [0.1, 0.15) is 34.9 Å². The number of allylic oxidation sites excluding steroid dienone is 1. The molecule has 0 amide bonds. The van der Waals surface area contributed by atoms with Crippen LogP contribution in [0.25, 0.3) is 12.2 Å². The van der Waals surface area contributed by atoms with Crippen LogP contribution in [-0.2, 0) is 13.2 Å². The quantitative estimate of drug-likeness (QED) is 0.354. The Morgan fingerprint density at radius 2 is 1.90 bits per heavy atom. The first-order valence-corrected chi connectivity index (χ1v) is 11.0. The summed E-state index contributed by atoms with van der Waals surface area (Å²) in [6.45, 7) is 9.12. The molecule has 0 spiro atoms. The second-order valence-corrected chi connectivity index (χ2v) is 7.70. The second-order valence-electron chi connectivity index (χ2n) is 6.89. The Hall–Kier alpha value is -2.89. The van der Waals surface area contributed by atoms with Crippen LogP contribution in [0.2, 0.25) is 0 Å². The van der Waals surface area contributed by atoms with Gasteiger partial charge in [-0.3, -0.25) is 0 Å². The van der Waals surface area contributed by atoms with Crippen molar-refractivity contribution in [1.29, 1.82) is 0 Å². The number of nitrogens with zero attached hydrogens (tertiary/aromatic N) is 1. The zero-order valence-electron chi connectivity index (χ0n) is 17.4. The molecule has 156 valence electrons. The van der Waals surface area contributed by atoms with Crippen molar-refractivity contribution in [2.24, 2.45) is 0 Å². The fraction of sp³-hybridized carbons (Fsp3) is 0.240. The second kappa shape index (κ2) is 12.0. The summed E-state index contributed by atoms with van der Waals surface area (Å²) in [6, 6.07) is 18.5. The molecule has 5 heteroatoms. The average molecular weight is 420 g/mol. The molecule has 4 nitrogen and oxygen atoms in total. The Balaban J connectivity index is 1.37. The van der Waals surface area contributed by atoms with Crippen molar-refractivity contribution in [2.75, 3.05) is 18.4 Å². The minimum absolute atomic E-state index is 0.586. The molecule has 2 N–H and O–H groups in total. The molecule has 0 saturated carbocycles. The van der Waals surface area contributed by atoms with E-state index in [0.717, 1.165) is 48.1 Å². The van der Waals surface area contributed by atoms with Gasteiger partial charge in [0.2, 0.25) is 0 Å². The topological polar surface area (TPSA) is 46.2 Å². The zero-order chi connectivity index (χ0) is 21.0. The Bertz CT molecular complexity index is 950. The highest BCUT2D eigenvalue weighted by molar-refractivity contribution is 7.07. The molecule has 1 aromatic heterocycles. The van der Waals surface area contributed by atoms with Crippen molar-refractivity contribution >= 4 is 29.5 Å². The first-order chi connectivity index (χ1) is 14.8. The van der Waals surface area contributed by atoms with E-state index in [4.69, 9.17) is 4.74 Å². The number of aromatic nitrogens is 1. The predicted molar refractivity (Wildman–Crippen MR) is 129 cm³/mol. The first-order valence-electron chi connectivity index (χ1n) is 10.2. The molecule has 0 saturated heterocycles. The molecule has 3 rings (SSSR count). The fourth-order valence-electron chi connectivity index (χ4n) is 3.05. The highest BCUT2D eigenvalue weighted by Crippen LogP contribution is 2.25. The van der Waals surface area contributed by atoms with Gasteiger partial charge < -0.3 is 15.4 Å². The van der Waals surface area contributed by atoms with E-state index in [1.165, 1.54) is 22.7 Å². The van der Waals surface area contributed by atoms with Crippen LogP contribution in [0.5, 0.6) is 5.75 Å². The molecule has 3 aromatic rings. The third kappa shape index (κ3) is 6.58. The molecule has 30 heavy (non-hydrogen) atoms. The van der Waals surface area contributed by atoms with Gasteiger partial charge in [-0.2, -0.15) is 4.37 Å². The van der Waals surface area contributed by atoms with Crippen LogP contribution >= 0.6 is 11.5 Å². The van der Waals surface area contributed by atoms with Gasteiger partial charge in [0.05, 0.1) is 4.88 Å². The van der Waals surface area contributed by atoms with Crippen LogP contribution in [0.15, 0.2) is 67.3 Å². The molecule has 0 bridgehead atoms. The lowest BCUT2D eigenvalue weighted by atomic mass is 10.2. The van der Waals surface area contributed by atoms with Crippen molar-refractivity contribution in [1.82, 2.24) is 9.69 Å². The molecule has 0 aliphatic heterocycles. The fourth-order valence-corrected chi connectivity index (χ4v) is 3.87. The number of anilines is 1. The number of benzene rings is 2. The average Bonchev–Trinajstić information content (AvgIpc) is 3.17. The molecular formula is C25H29N3OS. The standard InChI is InChI=1S/C25H29N3OS/c1-3-10-24-23(4-2)25(28-30-24)27-16-9-15-26-18-21-13-8-14-22(17-21)29-19-20-11-6-5-7-12-20/h3-8,10-14,17,26H,2,9,15-16,18-19H2,1H3,(H,27,28)/b10-3-. The van der Waals surface area contributed by atoms with Crippen molar-refractivity contribution in [2.45, 2.75) is 26.5 Å². The maximum atomic E-state index is 5.91. The van der Waals surface area contributed by atoms with E-state index in [-0.39, 0.29) is 0 Å². The van der Waals surface area contributed by atoms with Crippen LogP contribution in [0.3, 0.4) is 0 Å². The number of ether oxygens (including phenoxy) is 1. The lowest BCUT2D eigenvalue weighted by molar-refractivity contribution is 0.306. The summed E-state index contributed by atoms with van der Waals surface area (Å²) < 4.78 is 10.4. The highest BCUT2D eigenvalue weighted by Gasteiger charge is 2.07. The maximum Gasteiger partial charge on any atom is 0.147 e. The lowest BCUT2D eigenvalue weighted by Crippen LogP contribution is -2.17. The summed E-state index contributed by atoms with van der Waals surface area (Å²) in [5.74, 6) is 1.82. The Kier molecular flexibility index (Phi) is 8.69. The van der Waals surface area contributed by atoms with E-state index in [9.17, 15) is 0 Å². The van der Waals surface area contributed by atoms with Gasteiger partial charge >= 0.3 is 0 Å². The number of rotatable bonds is 12. The van der Waals surface area contributed by atoms with Crippen LogP contribution in [-0.4, -0.2) is 17.5 Å². The van der Waals surface area contributed by atoms with E-state index in [1.807, 2.05) is 49.4 Å². The van der Waals surface area contributed by atoms with Gasteiger partial charge in [0.25, 0.3) is 0 Å². The van der Waals surface area contributed by atoms with Gasteiger partial charge in [-0.25, -0.2) is 0 Å². The zero-order valence-corrected chi connectivity index (χ0v) is 18.3. The normalized spacial score (nSPS) is 11.0. The minimum atomic E-state index is 0.586. The van der Waals surface area contributed by atoms with Gasteiger partial charge in [0.15, 0.2) is 0 Å². The summed E-state index contributed by atoms with van der Waals surface area (Å²) in [6.07, 6.45) is 6.97. The third-order valence-corrected chi connectivity index (χ3v) is 5.40. The summed E-state index contributed by atoms with van der Waals surface area (Å²) in [5.41, 5.74) is 3.47. The van der Waals surface area contributed by atoms with Crippen molar-refractivity contribution < 1.29 is 4.74 Å². The summed E-state index contributed by atoms with van der Waals surface area (Å²) in [4.78, 5) is 1.14. The largest absolute Gasteiger partial charge is 0.489 e. The molecule has 2 aromatic carbocycles. The van der Waals surface area contributed by atoms with Gasteiger partial charge in [0, 0.05) is 18.7 Å². The van der Waals surface area contributed by atoms with Crippen molar-refractivity contribution in [3.63, 3.8) is 0 Å². The van der Waals surface area contributed by atoms with Gasteiger partial charge in [0.1, 0.15) is 18.2 Å². The Labute approximate surface area is 183 Å². The summed E-state index contributed by atoms with van der Waals surface area (Å²) in [5, 5.41) is 6.92. The first kappa shape index (κ1) is 21.8. The van der Waals surface area contributed by atoms with Crippen molar-refractivity contribution in [3.8, 4) is 5.75 Å².